The van der Waals surface area contributed by atoms with Crippen molar-refractivity contribution >= 4 is 34.1 Å². The summed E-state index contributed by atoms with van der Waals surface area (Å²) in [5.74, 6) is -0.103. The molecule has 0 bridgehead atoms. The molecular weight excluding hydrogens is 442 g/mol. The third-order valence-corrected chi connectivity index (χ3v) is 6.34. The van der Waals surface area contributed by atoms with Gasteiger partial charge in [-0.15, -0.1) is 0 Å². The third kappa shape index (κ3) is 4.50. The highest BCUT2D eigenvalue weighted by atomic mass is 16.2. The maximum atomic E-state index is 12.9. The lowest BCUT2D eigenvalue weighted by molar-refractivity contribution is -0.123. The highest BCUT2D eigenvalue weighted by Gasteiger charge is 2.35. The van der Waals surface area contributed by atoms with E-state index in [1.165, 1.54) is 0 Å². The third-order valence-electron chi connectivity index (χ3n) is 6.34. The van der Waals surface area contributed by atoms with E-state index in [4.69, 9.17) is 0 Å². The average Bonchev–Trinajstić information content (AvgIpc) is 2.89. The normalized spacial score (nSPS) is 15.9. The number of rotatable bonds is 4. The fourth-order valence-electron chi connectivity index (χ4n) is 4.41. The van der Waals surface area contributed by atoms with Crippen LogP contribution in [0.1, 0.15) is 18.2 Å². The van der Waals surface area contributed by atoms with Crippen molar-refractivity contribution in [1.29, 1.82) is 0 Å². The highest BCUT2D eigenvalue weighted by Crippen LogP contribution is 2.22. The number of para-hydroxylation sites is 1. The van der Waals surface area contributed by atoms with Gasteiger partial charge >= 0.3 is 6.03 Å². The van der Waals surface area contributed by atoms with Crippen LogP contribution in [0.5, 0.6) is 0 Å². The average molecular weight is 468 g/mol. The molecule has 1 atom stereocenters. The predicted molar refractivity (Wildman–Crippen MR) is 136 cm³/mol. The van der Waals surface area contributed by atoms with Crippen molar-refractivity contribution in [2.75, 3.05) is 23.3 Å². The number of amides is 3. The number of fused-ring (bicyclic) bond motifs is 1. The molecule has 0 radical (unpaired) electrons. The number of aromatic amines is 1. The molecule has 0 spiro atoms. The second-order valence-electron chi connectivity index (χ2n) is 8.54. The Morgan fingerprint density at radius 3 is 2.37 bits per heavy atom. The van der Waals surface area contributed by atoms with Gasteiger partial charge in [-0.1, -0.05) is 48.5 Å². The molecule has 35 heavy (non-hydrogen) atoms. The number of H-pyrrole nitrogens is 1. The van der Waals surface area contributed by atoms with Gasteiger partial charge in [-0.2, -0.15) is 5.10 Å². The van der Waals surface area contributed by atoms with Crippen LogP contribution in [0.2, 0.25) is 0 Å². The second-order valence-corrected chi connectivity index (χ2v) is 8.54. The summed E-state index contributed by atoms with van der Waals surface area (Å²) < 4.78 is 0. The fraction of sp³-hybridized carbons (Fsp3) is 0.185. The van der Waals surface area contributed by atoms with Gasteiger partial charge in [0.1, 0.15) is 6.04 Å². The van der Waals surface area contributed by atoms with Crippen LogP contribution in [0, 0.1) is 0 Å². The van der Waals surface area contributed by atoms with Crippen molar-refractivity contribution in [1.82, 2.24) is 15.1 Å². The van der Waals surface area contributed by atoms with Crippen molar-refractivity contribution in [2.45, 2.75) is 19.4 Å². The number of nitrogens with zero attached hydrogens (tertiary/aromatic N) is 3. The van der Waals surface area contributed by atoms with E-state index in [0.29, 0.717) is 30.6 Å². The minimum atomic E-state index is -0.567. The zero-order valence-corrected chi connectivity index (χ0v) is 19.3. The summed E-state index contributed by atoms with van der Waals surface area (Å²) in [6.45, 7) is 2.64. The molecule has 3 amide bonds. The lowest BCUT2D eigenvalue weighted by atomic mass is 10.0. The first-order chi connectivity index (χ1) is 17.0. The van der Waals surface area contributed by atoms with E-state index in [2.05, 4.69) is 15.5 Å². The summed E-state index contributed by atoms with van der Waals surface area (Å²) in [7, 11) is 0. The minimum Gasteiger partial charge on any atom is -0.311 e. The largest absolute Gasteiger partial charge is 0.322 e. The molecule has 3 aromatic carbocycles. The molecule has 0 saturated carbocycles. The van der Waals surface area contributed by atoms with Gasteiger partial charge in [0.25, 0.3) is 5.56 Å². The maximum Gasteiger partial charge on any atom is 0.322 e. The Morgan fingerprint density at radius 2 is 1.63 bits per heavy atom. The highest BCUT2D eigenvalue weighted by molar-refractivity contribution is 6.01. The molecule has 1 unspecified atom stereocenters. The van der Waals surface area contributed by atoms with Crippen molar-refractivity contribution in [3.8, 4) is 0 Å². The second kappa shape index (κ2) is 9.42. The number of carbonyl (C=O) groups is 2. The Bertz CT molecular complexity index is 1430. The Hall–Kier alpha value is -4.46. The topological polar surface area (TPSA) is 98.4 Å². The van der Waals surface area contributed by atoms with Gasteiger partial charge in [0.15, 0.2) is 0 Å². The van der Waals surface area contributed by atoms with Gasteiger partial charge < -0.3 is 15.1 Å². The molecule has 5 rings (SSSR count). The monoisotopic (exact) mass is 467 g/mol. The van der Waals surface area contributed by atoms with Gasteiger partial charge in [0.2, 0.25) is 5.91 Å². The van der Waals surface area contributed by atoms with E-state index in [-0.39, 0.29) is 17.5 Å². The predicted octanol–water partition coefficient (Wildman–Crippen LogP) is 3.78. The Balaban J connectivity index is 1.25. The van der Waals surface area contributed by atoms with E-state index in [0.717, 1.165) is 22.3 Å². The van der Waals surface area contributed by atoms with Crippen molar-refractivity contribution in [3.63, 3.8) is 0 Å². The molecule has 2 heterocycles. The number of piperazine rings is 1. The molecule has 4 aromatic rings. The summed E-state index contributed by atoms with van der Waals surface area (Å²) in [5.41, 5.74) is 3.04. The van der Waals surface area contributed by atoms with Gasteiger partial charge in [-0.3, -0.25) is 9.59 Å². The SMILES string of the molecule is CC1C(=O)N(c2ccccc2)CCN1C(=O)Nc1ccc(Cc2n[nH]c(=O)c3ccccc23)cc1. The Morgan fingerprint density at radius 1 is 0.943 bits per heavy atom. The lowest BCUT2D eigenvalue weighted by Crippen LogP contribution is -2.58. The molecule has 8 nitrogen and oxygen atoms in total. The number of urea groups is 1. The first-order valence-corrected chi connectivity index (χ1v) is 11.5. The summed E-state index contributed by atoms with van der Waals surface area (Å²) in [6.07, 6.45) is 0.540. The number of anilines is 2. The first-order valence-electron chi connectivity index (χ1n) is 11.5. The zero-order valence-electron chi connectivity index (χ0n) is 19.3. The number of nitrogens with one attached hydrogen (secondary N) is 2. The van der Waals surface area contributed by atoms with Crippen LogP contribution in [0.15, 0.2) is 83.7 Å². The van der Waals surface area contributed by atoms with Crippen LogP contribution in [-0.4, -0.2) is 46.2 Å². The summed E-state index contributed by atoms with van der Waals surface area (Å²) in [6, 6.07) is 23.5. The van der Waals surface area contributed by atoms with Gasteiger partial charge in [-0.05, 0) is 42.8 Å². The molecule has 2 N–H and O–H groups in total. The van der Waals surface area contributed by atoms with Crippen LogP contribution in [0.3, 0.4) is 0 Å². The van der Waals surface area contributed by atoms with Crippen LogP contribution in [0.25, 0.3) is 10.8 Å². The van der Waals surface area contributed by atoms with Crippen LogP contribution in [0.4, 0.5) is 16.2 Å². The fourth-order valence-corrected chi connectivity index (χ4v) is 4.41. The molecule has 1 aliphatic rings. The number of carbonyl (C=O) groups excluding carboxylic acids is 2. The van der Waals surface area contributed by atoms with E-state index in [1.807, 2.05) is 72.8 Å². The van der Waals surface area contributed by atoms with Gasteiger partial charge in [-0.25, -0.2) is 9.89 Å². The lowest BCUT2D eigenvalue weighted by Gasteiger charge is -2.39. The molecular formula is C27H25N5O3. The molecule has 0 aliphatic carbocycles. The van der Waals surface area contributed by atoms with E-state index >= 15 is 0 Å². The van der Waals surface area contributed by atoms with Crippen molar-refractivity contribution in [3.05, 3.63) is 100 Å². The number of benzene rings is 3. The maximum absolute atomic E-state index is 12.9. The minimum absolute atomic E-state index is 0.103. The van der Waals surface area contributed by atoms with Crippen LogP contribution >= 0.6 is 0 Å². The summed E-state index contributed by atoms with van der Waals surface area (Å²) in [4.78, 5) is 41.1. The van der Waals surface area contributed by atoms with E-state index in [1.54, 1.807) is 22.8 Å². The van der Waals surface area contributed by atoms with Crippen molar-refractivity contribution in [2.24, 2.45) is 0 Å². The number of hydrogen-bond acceptors (Lipinski definition) is 4. The van der Waals surface area contributed by atoms with Crippen LogP contribution in [-0.2, 0) is 11.2 Å². The quantitative estimate of drug-likeness (QED) is 0.477. The van der Waals surface area contributed by atoms with Gasteiger partial charge in [0.05, 0.1) is 11.1 Å². The molecule has 176 valence electrons. The molecule has 1 aromatic heterocycles. The number of aromatic nitrogens is 2. The smallest absolute Gasteiger partial charge is 0.311 e. The van der Waals surface area contributed by atoms with Crippen molar-refractivity contribution < 1.29 is 9.59 Å². The summed E-state index contributed by atoms with van der Waals surface area (Å²) in [5, 5.41) is 11.1. The standard InChI is InChI=1S/C27H25N5O3/c1-18-26(34)32(21-7-3-2-4-8-21)16-15-31(18)27(35)28-20-13-11-19(12-14-20)17-24-22-9-5-6-10-23(22)25(33)30-29-24/h2-14,18H,15-17H2,1H3,(H,28,35)(H,30,33). The van der Waals surface area contributed by atoms with E-state index < -0.39 is 6.04 Å². The Labute approximate surface area is 202 Å². The summed E-state index contributed by atoms with van der Waals surface area (Å²) >= 11 is 0. The van der Waals surface area contributed by atoms with Crippen LogP contribution < -0.4 is 15.8 Å². The molecule has 1 saturated heterocycles. The number of hydrogen-bond donors (Lipinski definition) is 2. The molecule has 1 aliphatic heterocycles. The first kappa shape index (κ1) is 22.3. The molecule has 1 fully saturated rings. The zero-order chi connectivity index (χ0) is 24.4. The molecule has 8 heteroatoms. The Kier molecular flexibility index (Phi) is 6.01. The van der Waals surface area contributed by atoms with E-state index in [9.17, 15) is 14.4 Å². The van der Waals surface area contributed by atoms with Gasteiger partial charge in [0, 0.05) is 36.3 Å².